The number of hydrogen-bond donors (Lipinski definition) is 2. The second kappa shape index (κ2) is 19.2. The monoisotopic (exact) mass is 402 g/mol. The molecule has 0 aliphatic heterocycles. The fraction of sp³-hybridized carbons (Fsp3) is 0.909. The van der Waals surface area contributed by atoms with E-state index >= 15 is 0 Å². The third-order valence-corrected chi connectivity index (χ3v) is 4.91. The van der Waals surface area contributed by atoms with Gasteiger partial charge in [0, 0.05) is 0 Å². The van der Waals surface area contributed by atoms with E-state index in [-0.39, 0.29) is 13.2 Å². The van der Waals surface area contributed by atoms with Crippen LogP contribution in [-0.4, -0.2) is 47.6 Å². The smallest absolute Gasteiger partial charge is 0.332 e. The first-order chi connectivity index (χ1) is 13.5. The van der Waals surface area contributed by atoms with Crippen LogP contribution in [0.5, 0.6) is 0 Å². The zero-order valence-electron chi connectivity index (χ0n) is 18.0. The zero-order chi connectivity index (χ0) is 21.0. The van der Waals surface area contributed by atoms with Crippen LogP contribution in [0.4, 0.5) is 0 Å². The summed E-state index contributed by atoms with van der Waals surface area (Å²) in [6, 6.07) is 0. The van der Waals surface area contributed by atoms with Crippen molar-refractivity contribution in [2.75, 3.05) is 13.2 Å². The highest BCUT2D eigenvalue weighted by atomic mass is 16.6. The molecule has 0 aromatic carbocycles. The maximum atomic E-state index is 11.3. The lowest BCUT2D eigenvalue weighted by Crippen LogP contribution is -2.29. The van der Waals surface area contributed by atoms with Crippen molar-refractivity contribution < 1.29 is 29.3 Å². The Morgan fingerprint density at radius 2 is 0.929 bits per heavy atom. The minimum absolute atomic E-state index is 0.104. The summed E-state index contributed by atoms with van der Waals surface area (Å²) in [6.45, 7) is 4.54. The lowest BCUT2D eigenvalue weighted by molar-refractivity contribution is -0.157. The maximum absolute atomic E-state index is 11.3. The molecular formula is C22H42O6. The highest BCUT2D eigenvalue weighted by Gasteiger charge is 2.20. The van der Waals surface area contributed by atoms with E-state index in [0.29, 0.717) is 12.8 Å². The average molecular weight is 403 g/mol. The summed E-state index contributed by atoms with van der Waals surface area (Å²) >= 11 is 0. The van der Waals surface area contributed by atoms with E-state index in [1.807, 2.05) is 0 Å². The quantitative estimate of drug-likeness (QED) is 0.249. The van der Waals surface area contributed by atoms with Crippen LogP contribution in [0.25, 0.3) is 0 Å². The first-order valence-corrected chi connectivity index (χ1v) is 11.2. The Morgan fingerprint density at radius 1 is 0.607 bits per heavy atom. The number of carboxylic acids is 2. The first-order valence-electron chi connectivity index (χ1n) is 11.2. The van der Waals surface area contributed by atoms with Crippen molar-refractivity contribution in [2.45, 2.75) is 116 Å². The van der Waals surface area contributed by atoms with Crippen LogP contribution in [0.15, 0.2) is 0 Å². The fourth-order valence-corrected chi connectivity index (χ4v) is 3.16. The van der Waals surface area contributed by atoms with Gasteiger partial charge in [-0.05, 0) is 12.8 Å². The largest absolute Gasteiger partial charge is 0.479 e. The Hall–Kier alpha value is -1.14. The molecule has 2 unspecified atom stereocenters. The molecule has 0 radical (unpaired) electrons. The molecule has 0 aliphatic carbocycles. The van der Waals surface area contributed by atoms with E-state index in [9.17, 15) is 19.8 Å². The standard InChI is InChI=1S/C22H42O6/c1-3-5-7-9-11-13-15-19(21(23)24)27-17-18-28-20(22(25)26)16-14-12-10-8-6-4-2/h19-20H,3-18H2,1-2H3,(H,23,24)(H,25,26). The van der Waals surface area contributed by atoms with Gasteiger partial charge in [0.1, 0.15) is 0 Å². The minimum atomic E-state index is -0.963. The van der Waals surface area contributed by atoms with E-state index in [1.54, 1.807) is 0 Å². The van der Waals surface area contributed by atoms with Gasteiger partial charge in [0.05, 0.1) is 13.2 Å². The summed E-state index contributed by atoms with van der Waals surface area (Å²) in [7, 11) is 0. The predicted molar refractivity (Wildman–Crippen MR) is 111 cm³/mol. The summed E-state index contributed by atoms with van der Waals surface area (Å²) in [4.78, 5) is 22.6. The van der Waals surface area contributed by atoms with E-state index < -0.39 is 24.1 Å². The summed E-state index contributed by atoms with van der Waals surface area (Å²) in [5.74, 6) is -1.93. The number of unbranched alkanes of at least 4 members (excludes halogenated alkanes) is 10. The number of carbonyl (C=O) groups is 2. The van der Waals surface area contributed by atoms with Crippen LogP contribution in [0, 0.1) is 0 Å². The third-order valence-electron chi connectivity index (χ3n) is 4.91. The summed E-state index contributed by atoms with van der Waals surface area (Å²) < 4.78 is 10.8. The Bertz CT molecular complexity index is 349. The van der Waals surface area contributed by atoms with Gasteiger partial charge < -0.3 is 19.7 Å². The molecule has 2 N–H and O–H groups in total. The second-order valence-corrected chi connectivity index (χ2v) is 7.51. The molecule has 166 valence electrons. The molecule has 6 heteroatoms. The van der Waals surface area contributed by atoms with Crippen LogP contribution in [0.1, 0.15) is 104 Å². The van der Waals surface area contributed by atoms with Gasteiger partial charge in [-0.2, -0.15) is 0 Å². The van der Waals surface area contributed by atoms with Gasteiger partial charge in [-0.1, -0.05) is 90.9 Å². The topological polar surface area (TPSA) is 93.1 Å². The molecular weight excluding hydrogens is 360 g/mol. The molecule has 0 aliphatic rings. The normalized spacial score (nSPS) is 13.4. The van der Waals surface area contributed by atoms with Crippen LogP contribution >= 0.6 is 0 Å². The van der Waals surface area contributed by atoms with Crippen molar-refractivity contribution in [3.63, 3.8) is 0 Å². The minimum Gasteiger partial charge on any atom is -0.479 e. The zero-order valence-corrected chi connectivity index (χ0v) is 18.0. The molecule has 0 fully saturated rings. The highest BCUT2D eigenvalue weighted by molar-refractivity contribution is 5.72. The molecule has 0 spiro atoms. The van der Waals surface area contributed by atoms with E-state index in [4.69, 9.17) is 9.47 Å². The number of ether oxygens (including phenoxy) is 2. The fourth-order valence-electron chi connectivity index (χ4n) is 3.16. The van der Waals surface area contributed by atoms with Gasteiger partial charge in [0.2, 0.25) is 0 Å². The van der Waals surface area contributed by atoms with Crippen LogP contribution in [0.2, 0.25) is 0 Å². The van der Waals surface area contributed by atoms with Crippen LogP contribution < -0.4 is 0 Å². The van der Waals surface area contributed by atoms with E-state index in [2.05, 4.69) is 13.8 Å². The van der Waals surface area contributed by atoms with Gasteiger partial charge in [0.15, 0.2) is 12.2 Å². The first kappa shape index (κ1) is 26.9. The lowest BCUT2D eigenvalue weighted by atomic mass is 10.1. The molecule has 28 heavy (non-hydrogen) atoms. The predicted octanol–water partition coefficient (Wildman–Crippen LogP) is 5.43. The molecule has 0 rings (SSSR count). The highest BCUT2D eigenvalue weighted by Crippen LogP contribution is 2.12. The Kier molecular flexibility index (Phi) is 18.4. The van der Waals surface area contributed by atoms with Crippen molar-refractivity contribution in [1.82, 2.24) is 0 Å². The maximum Gasteiger partial charge on any atom is 0.332 e. The van der Waals surface area contributed by atoms with Gasteiger partial charge >= 0.3 is 11.9 Å². The Labute approximate surface area is 171 Å². The molecule has 0 bridgehead atoms. The van der Waals surface area contributed by atoms with Gasteiger partial charge in [-0.15, -0.1) is 0 Å². The third kappa shape index (κ3) is 15.9. The molecule has 0 amide bonds. The van der Waals surface area contributed by atoms with Crippen molar-refractivity contribution in [1.29, 1.82) is 0 Å². The van der Waals surface area contributed by atoms with Gasteiger partial charge in [-0.25, -0.2) is 9.59 Å². The molecule has 0 heterocycles. The summed E-state index contributed by atoms with van der Waals surface area (Å²) in [6.07, 6.45) is 12.5. The molecule has 6 nitrogen and oxygen atoms in total. The van der Waals surface area contributed by atoms with Crippen molar-refractivity contribution in [3.05, 3.63) is 0 Å². The van der Waals surface area contributed by atoms with Crippen LogP contribution in [0.3, 0.4) is 0 Å². The summed E-state index contributed by atoms with van der Waals surface area (Å²) in [5.41, 5.74) is 0. The van der Waals surface area contributed by atoms with E-state index in [1.165, 1.54) is 38.5 Å². The van der Waals surface area contributed by atoms with Gasteiger partial charge in [-0.3, -0.25) is 0 Å². The molecule has 2 atom stereocenters. The van der Waals surface area contributed by atoms with Gasteiger partial charge in [0.25, 0.3) is 0 Å². The SMILES string of the molecule is CCCCCCCCC(OCCOC(CCCCCCCC)C(=O)O)C(=O)O. The number of rotatable bonds is 21. The molecule has 0 saturated heterocycles. The number of carboxylic acid groups (broad SMARTS) is 2. The second-order valence-electron chi connectivity index (χ2n) is 7.51. The lowest BCUT2D eigenvalue weighted by Gasteiger charge is -2.16. The summed E-state index contributed by atoms with van der Waals surface area (Å²) in [5, 5.41) is 18.5. The van der Waals surface area contributed by atoms with Crippen molar-refractivity contribution in [2.24, 2.45) is 0 Å². The Morgan fingerprint density at radius 3 is 1.25 bits per heavy atom. The van der Waals surface area contributed by atoms with Crippen molar-refractivity contribution >= 4 is 11.9 Å². The Balaban J connectivity index is 3.92. The molecule has 0 aromatic heterocycles. The molecule has 0 saturated carbocycles. The number of aliphatic carboxylic acids is 2. The van der Waals surface area contributed by atoms with E-state index in [0.717, 1.165) is 38.5 Å². The van der Waals surface area contributed by atoms with Crippen molar-refractivity contribution in [3.8, 4) is 0 Å². The molecule has 0 aromatic rings. The average Bonchev–Trinajstić information content (AvgIpc) is 2.66. The number of hydrogen-bond acceptors (Lipinski definition) is 4. The van der Waals surface area contributed by atoms with Crippen LogP contribution in [-0.2, 0) is 19.1 Å².